The van der Waals surface area contributed by atoms with Gasteiger partial charge in [0, 0.05) is 17.9 Å². The van der Waals surface area contributed by atoms with Crippen molar-refractivity contribution in [2.75, 3.05) is 16.8 Å². The Morgan fingerprint density at radius 3 is 2.50 bits per heavy atom. The second-order valence-electron chi connectivity index (χ2n) is 6.11. The highest BCUT2D eigenvalue weighted by Gasteiger charge is 2.13. The minimum Gasteiger partial charge on any atom is -0.325 e. The van der Waals surface area contributed by atoms with Gasteiger partial charge in [-0.05, 0) is 50.1 Å². The number of aryl methyl sites for hydroxylation is 2. The average molecular weight is 346 g/mol. The summed E-state index contributed by atoms with van der Waals surface area (Å²) in [5.41, 5.74) is 4.31. The van der Waals surface area contributed by atoms with E-state index in [1.807, 2.05) is 43.3 Å². The Kier molecular flexibility index (Phi) is 5.27. The largest absolute Gasteiger partial charge is 0.325 e. The Hall–Kier alpha value is -3.21. The molecule has 1 aromatic heterocycles. The van der Waals surface area contributed by atoms with Crippen molar-refractivity contribution in [2.45, 2.75) is 20.8 Å². The fourth-order valence-corrected chi connectivity index (χ4v) is 2.75. The van der Waals surface area contributed by atoms with E-state index in [0.29, 0.717) is 5.82 Å². The lowest BCUT2D eigenvalue weighted by atomic mass is 10.2. The summed E-state index contributed by atoms with van der Waals surface area (Å²) in [6.45, 7) is 6.82. The number of aromatic nitrogens is 2. The molecule has 0 saturated heterocycles. The van der Waals surface area contributed by atoms with Gasteiger partial charge in [-0.15, -0.1) is 0 Å². The van der Waals surface area contributed by atoms with E-state index in [1.54, 1.807) is 6.20 Å². The van der Waals surface area contributed by atoms with Crippen LogP contribution >= 0.6 is 0 Å². The normalized spacial score (nSPS) is 10.4. The fraction of sp³-hybridized carbons (Fsp3) is 0.190. The van der Waals surface area contributed by atoms with Crippen molar-refractivity contribution in [3.63, 3.8) is 0 Å². The van der Waals surface area contributed by atoms with Crippen LogP contribution in [-0.4, -0.2) is 22.4 Å². The number of hydrogen-bond acceptors (Lipinski definition) is 4. The number of rotatable bonds is 5. The number of carbonyl (C=O) groups excluding carboxylic acids is 1. The van der Waals surface area contributed by atoms with Crippen molar-refractivity contribution in [3.8, 4) is 0 Å². The molecule has 132 valence electrons. The molecular weight excluding hydrogens is 324 g/mol. The van der Waals surface area contributed by atoms with Gasteiger partial charge in [-0.2, -0.15) is 0 Å². The van der Waals surface area contributed by atoms with Crippen LogP contribution in [0.3, 0.4) is 0 Å². The van der Waals surface area contributed by atoms with Gasteiger partial charge in [0.1, 0.15) is 5.69 Å². The van der Waals surface area contributed by atoms with Gasteiger partial charge in [0.15, 0.2) is 5.82 Å². The first kappa shape index (κ1) is 17.6. The van der Waals surface area contributed by atoms with Crippen LogP contribution in [0.15, 0.2) is 60.9 Å². The average Bonchev–Trinajstić information content (AvgIpc) is 2.65. The highest BCUT2D eigenvalue weighted by Crippen LogP contribution is 2.23. The second-order valence-corrected chi connectivity index (χ2v) is 6.11. The molecule has 0 aliphatic rings. The monoisotopic (exact) mass is 346 g/mol. The Bertz CT molecular complexity index is 906. The Morgan fingerprint density at radius 2 is 1.85 bits per heavy atom. The lowest BCUT2D eigenvalue weighted by Gasteiger charge is -2.22. The molecular formula is C21H22N4O. The van der Waals surface area contributed by atoms with Crippen LogP contribution in [0.5, 0.6) is 0 Å². The molecule has 3 aromatic rings. The molecule has 0 fully saturated rings. The third kappa shape index (κ3) is 3.88. The predicted octanol–water partition coefficient (Wildman–Crippen LogP) is 4.50. The molecule has 5 heteroatoms. The van der Waals surface area contributed by atoms with Gasteiger partial charge >= 0.3 is 0 Å². The van der Waals surface area contributed by atoms with Gasteiger partial charge in [-0.3, -0.25) is 4.79 Å². The molecule has 2 aromatic carbocycles. The lowest BCUT2D eigenvalue weighted by Crippen LogP contribution is -2.19. The van der Waals surface area contributed by atoms with E-state index in [2.05, 4.69) is 46.2 Å². The van der Waals surface area contributed by atoms with Crippen molar-refractivity contribution in [2.24, 2.45) is 0 Å². The molecule has 0 aliphatic heterocycles. The fourth-order valence-electron chi connectivity index (χ4n) is 2.75. The summed E-state index contributed by atoms with van der Waals surface area (Å²) in [5, 5.41) is 2.87. The van der Waals surface area contributed by atoms with Crippen LogP contribution < -0.4 is 10.2 Å². The summed E-state index contributed by atoms with van der Waals surface area (Å²) in [6, 6.07) is 15.9. The van der Waals surface area contributed by atoms with E-state index in [-0.39, 0.29) is 11.6 Å². The van der Waals surface area contributed by atoms with Crippen molar-refractivity contribution < 1.29 is 4.79 Å². The molecule has 5 nitrogen and oxygen atoms in total. The highest BCUT2D eigenvalue weighted by molar-refractivity contribution is 6.03. The van der Waals surface area contributed by atoms with Crippen molar-refractivity contribution in [1.29, 1.82) is 0 Å². The number of para-hydroxylation sites is 1. The number of nitrogens with zero attached hydrogens (tertiary/aromatic N) is 3. The maximum absolute atomic E-state index is 12.4. The molecule has 3 rings (SSSR count). The minimum atomic E-state index is -0.267. The Morgan fingerprint density at radius 1 is 1.04 bits per heavy atom. The SMILES string of the molecule is CCN(c1cccc(C)c1)c1cnc(C(=O)Nc2ccccc2C)cn1. The van der Waals surface area contributed by atoms with Crippen LogP contribution in [-0.2, 0) is 0 Å². The third-order valence-corrected chi connectivity index (χ3v) is 4.17. The third-order valence-electron chi connectivity index (χ3n) is 4.17. The first-order valence-corrected chi connectivity index (χ1v) is 8.61. The molecule has 0 aliphatic carbocycles. The van der Waals surface area contributed by atoms with Gasteiger partial charge in [0.25, 0.3) is 5.91 Å². The summed E-state index contributed by atoms with van der Waals surface area (Å²) < 4.78 is 0. The van der Waals surface area contributed by atoms with Gasteiger partial charge in [0.2, 0.25) is 0 Å². The molecule has 1 amide bonds. The van der Waals surface area contributed by atoms with E-state index in [4.69, 9.17) is 0 Å². The molecule has 1 N–H and O–H groups in total. The Labute approximate surface area is 153 Å². The van der Waals surface area contributed by atoms with Gasteiger partial charge in [0.05, 0.1) is 12.4 Å². The zero-order valence-corrected chi connectivity index (χ0v) is 15.2. The van der Waals surface area contributed by atoms with Gasteiger partial charge < -0.3 is 10.2 Å². The Balaban J connectivity index is 1.79. The van der Waals surface area contributed by atoms with Crippen molar-refractivity contribution in [3.05, 3.63) is 77.7 Å². The van der Waals surface area contributed by atoms with Crippen LogP contribution in [0, 0.1) is 13.8 Å². The maximum Gasteiger partial charge on any atom is 0.275 e. The number of anilines is 3. The summed E-state index contributed by atoms with van der Waals surface area (Å²) in [5.74, 6) is 0.447. The number of benzene rings is 2. The quantitative estimate of drug-likeness (QED) is 0.739. The molecule has 0 radical (unpaired) electrons. The first-order chi connectivity index (χ1) is 12.6. The summed E-state index contributed by atoms with van der Waals surface area (Å²) in [6.07, 6.45) is 3.15. The smallest absolute Gasteiger partial charge is 0.275 e. The molecule has 0 spiro atoms. The predicted molar refractivity (Wildman–Crippen MR) is 105 cm³/mol. The summed E-state index contributed by atoms with van der Waals surface area (Å²) >= 11 is 0. The standard InChI is InChI=1S/C21H22N4O/c1-4-25(17-10-7-8-15(2)12-17)20-14-22-19(13-23-20)21(26)24-18-11-6-5-9-16(18)3/h5-14H,4H2,1-3H3,(H,24,26). The number of hydrogen-bond donors (Lipinski definition) is 1. The molecule has 26 heavy (non-hydrogen) atoms. The lowest BCUT2D eigenvalue weighted by molar-refractivity contribution is 0.102. The second kappa shape index (κ2) is 7.78. The maximum atomic E-state index is 12.4. The minimum absolute atomic E-state index is 0.267. The number of amides is 1. The first-order valence-electron chi connectivity index (χ1n) is 8.61. The van der Waals surface area contributed by atoms with Crippen LogP contribution in [0.2, 0.25) is 0 Å². The van der Waals surface area contributed by atoms with Crippen LogP contribution in [0.4, 0.5) is 17.2 Å². The highest BCUT2D eigenvalue weighted by atomic mass is 16.1. The van der Waals surface area contributed by atoms with E-state index in [0.717, 1.165) is 23.5 Å². The zero-order chi connectivity index (χ0) is 18.5. The summed E-state index contributed by atoms with van der Waals surface area (Å²) in [4.78, 5) is 23.2. The number of carbonyl (C=O) groups is 1. The molecule has 1 heterocycles. The molecule has 0 bridgehead atoms. The van der Waals surface area contributed by atoms with E-state index in [1.165, 1.54) is 11.8 Å². The van der Waals surface area contributed by atoms with Gasteiger partial charge in [-0.25, -0.2) is 9.97 Å². The van der Waals surface area contributed by atoms with Gasteiger partial charge in [-0.1, -0.05) is 30.3 Å². The molecule has 0 unspecified atom stereocenters. The molecule has 0 atom stereocenters. The van der Waals surface area contributed by atoms with Crippen LogP contribution in [0.1, 0.15) is 28.5 Å². The van der Waals surface area contributed by atoms with Crippen molar-refractivity contribution in [1.82, 2.24) is 9.97 Å². The van der Waals surface area contributed by atoms with Crippen molar-refractivity contribution >= 4 is 23.1 Å². The molecule has 0 saturated carbocycles. The zero-order valence-electron chi connectivity index (χ0n) is 15.2. The topological polar surface area (TPSA) is 58.1 Å². The van der Waals surface area contributed by atoms with E-state index >= 15 is 0 Å². The van der Waals surface area contributed by atoms with E-state index < -0.39 is 0 Å². The van der Waals surface area contributed by atoms with Crippen LogP contribution in [0.25, 0.3) is 0 Å². The summed E-state index contributed by atoms with van der Waals surface area (Å²) in [7, 11) is 0. The van der Waals surface area contributed by atoms with E-state index in [9.17, 15) is 4.79 Å². The number of nitrogens with one attached hydrogen (secondary N) is 1.